The van der Waals surface area contributed by atoms with E-state index in [4.69, 9.17) is 10.6 Å². The van der Waals surface area contributed by atoms with E-state index in [1.54, 1.807) is 19.2 Å². The first-order valence-electron chi connectivity index (χ1n) is 6.15. The summed E-state index contributed by atoms with van der Waals surface area (Å²) in [5, 5.41) is 0. The van der Waals surface area contributed by atoms with Crippen LogP contribution in [0.2, 0.25) is 0 Å². The molecule has 1 rings (SSSR count). The van der Waals surface area contributed by atoms with Gasteiger partial charge in [0.25, 0.3) is 0 Å². The van der Waals surface area contributed by atoms with Gasteiger partial charge in [0.1, 0.15) is 0 Å². The molecule has 0 spiro atoms. The van der Waals surface area contributed by atoms with Crippen molar-refractivity contribution in [2.24, 2.45) is 5.84 Å². The molecule has 0 atom stereocenters. The first-order chi connectivity index (χ1) is 9.10. The molecule has 0 heterocycles. The molecule has 1 aromatic carbocycles. The van der Waals surface area contributed by atoms with Crippen molar-refractivity contribution < 1.29 is 13.2 Å². The van der Waals surface area contributed by atoms with Gasteiger partial charge < -0.3 is 10.2 Å². The summed E-state index contributed by atoms with van der Waals surface area (Å²) in [4.78, 5) is 0.239. The zero-order chi connectivity index (χ0) is 14.1. The highest BCUT2D eigenvalue weighted by Gasteiger charge is 2.12. The van der Waals surface area contributed by atoms with E-state index in [1.807, 2.05) is 0 Å². The molecular weight excluding hydrogens is 266 g/mol. The molecule has 0 aliphatic heterocycles. The van der Waals surface area contributed by atoms with Crippen LogP contribution in [-0.4, -0.2) is 28.7 Å². The zero-order valence-electron chi connectivity index (χ0n) is 11.1. The number of rotatable bonds is 9. The van der Waals surface area contributed by atoms with Crippen molar-refractivity contribution in [3.05, 3.63) is 24.3 Å². The SMILES string of the molecule is COCCCCCNS(=O)(=O)c1ccc(NN)cc1. The van der Waals surface area contributed by atoms with Gasteiger partial charge in [0.15, 0.2) is 0 Å². The molecular formula is C12H21N3O3S. The van der Waals surface area contributed by atoms with Gasteiger partial charge in [0.05, 0.1) is 4.90 Å². The Morgan fingerprint density at radius 2 is 1.84 bits per heavy atom. The predicted molar refractivity (Wildman–Crippen MR) is 75.2 cm³/mol. The van der Waals surface area contributed by atoms with E-state index in [1.165, 1.54) is 12.1 Å². The van der Waals surface area contributed by atoms with E-state index in [0.29, 0.717) is 18.8 Å². The topological polar surface area (TPSA) is 93.4 Å². The molecule has 108 valence electrons. The van der Waals surface area contributed by atoms with Crippen molar-refractivity contribution in [2.45, 2.75) is 24.2 Å². The summed E-state index contributed by atoms with van der Waals surface area (Å²) in [6.07, 6.45) is 2.67. The second-order valence-electron chi connectivity index (χ2n) is 4.12. The van der Waals surface area contributed by atoms with Gasteiger partial charge in [-0.25, -0.2) is 13.1 Å². The highest BCUT2D eigenvalue weighted by Crippen LogP contribution is 2.12. The van der Waals surface area contributed by atoms with E-state index >= 15 is 0 Å². The maximum absolute atomic E-state index is 11.9. The highest BCUT2D eigenvalue weighted by molar-refractivity contribution is 7.89. The normalized spacial score (nSPS) is 11.5. The summed E-state index contributed by atoms with van der Waals surface area (Å²) in [6.45, 7) is 1.14. The molecule has 0 bridgehead atoms. The van der Waals surface area contributed by atoms with E-state index in [2.05, 4.69) is 10.1 Å². The molecule has 6 nitrogen and oxygen atoms in total. The van der Waals surface area contributed by atoms with Gasteiger partial charge in [-0.2, -0.15) is 0 Å². The number of benzene rings is 1. The third-order valence-electron chi connectivity index (χ3n) is 2.65. The summed E-state index contributed by atoms with van der Waals surface area (Å²) in [7, 11) is -1.77. The summed E-state index contributed by atoms with van der Waals surface area (Å²) in [6, 6.07) is 6.27. The molecule has 0 amide bonds. The van der Waals surface area contributed by atoms with Gasteiger partial charge in [0.2, 0.25) is 10.0 Å². The molecule has 0 fully saturated rings. The minimum atomic E-state index is -3.43. The Morgan fingerprint density at radius 1 is 1.16 bits per heavy atom. The second-order valence-corrected chi connectivity index (χ2v) is 5.89. The van der Waals surface area contributed by atoms with Crippen LogP contribution in [-0.2, 0) is 14.8 Å². The van der Waals surface area contributed by atoms with Crippen LogP contribution in [0.3, 0.4) is 0 Å². The molecule has 0 aliphatic rings. The standard InChI is InChI=1S/C12H21N3O3S/c1-18-10-4-2-3-9-14-19(16,17)12-7-5-11(15-13)6-8-12/h5-8,14-15H,2-4,9-10,13H2,1H3. The Kier molecular flexibility index (Phi) is 6.79. The van der Waals surface area contributed by atoms with Gasteiger partial charge in [0, 0.05) is 25.9 Å². The molecule has 0 saturated heterocycles. The minimum absolute atomic E-state index is 0.239. The van der Waals surface area contributed by atoms with Crippen molar-refractivity contribution in [2.75, 3.05) is 25.7 Å². The Bertz CT molecular complexity index is 460. The number of hydrazine groups is 1. The van der Waals surface area contributed by atoms with Crippen LogP contribution >= 0.6 is 0 Å². The minimum Gasteiger partial charge on any atom is -0.385 e. The first-order valence-corrected chi connectivity index (χ1v) is 7.64. The summed E-state index contributed by atoms with van der Waals surface area (Å²) in [5.41, 5.74) is 3.12. The fourth-order valence-corrected chi connectivity index (χ4v) is 2.64. The van der Waals surface area contributed by atoms with Crippen molar-refractivity contribution in [3.63, 3.8) is 0 Å². The number of ether oxygens (including phenoxy) is 1. The number of sulfonamides is 1. The van der Waals surface area contributed by atoms with Crippen LogP contribution in [0.4, 0.5) is 5.69 Å². The number of nitrogen functional groups attached to an aromatic ring is 1. The lowest BCUT2D eigenvalue weighted by molar-refractivity contribution is 0.192. The molecule has 0 radical (unpaired) electrons. The third kappa shape index (κ3) is 5.56. The van der Waals surface area contributed by atoms with Crippen LogP contribution in [0, 0.1) is 0 Å². The van der Waals surface area contributed by atoms with E-state index in [9.17, 15) is 8.42 Å². The molecule has 0 aromatic heterocycles. The molecule has 0 unspecified atom stereocenters. The fraction of sp³-hybridized carbons (Fsp3) is 0.500. The van der Waals surface area contributed by atoms with Crippen molar-refractivity contribution in [3.8, 4) is 0 Å². The quantitative estimate of drug-likeness (QED) is 0.359. The largest absolute Gasteiger partial charge is 0.385 e. The molecule has 0 aliphatic carbocycles. The molecule has 1 aromatic rings. The molecule has 19 heavy (non-hydrogen) atoms. The molecule has 0 saturated carbocycles. The molecule has 4 N–H and O–H groups in total. The van der Waals surface area contributed by atoms with Crippen molar-refractivity contribution in [1.29, 1.82) is 0 Å². The highest BCUT2D eigenvalue weighted by atomic mass is 32.2. The Hall–Kier alpha value is -1.15. The predicted octanol–water partition coefficient (Wildman–Crippen LogP) is 1.07. The van der Waals surface area contributed by atoms with E-state index < -0.39 is 10.0 Å². The van der Waals surface area contributed by atoms with E-state index in [-0.39, 0.29) is 4.90 Å². The van der Waals surface area contributed by atoms with Gasteiger partial charge in [-0.3, -0.25) is 5.84 Å². The van der Waals surface area contributed by atoms with Gasteiger partial charge in [-0.05, 0) is 43.5 Å². The first kappa shape index (κ1) is 15.9. The van der Waals surface area contributed by atoms with Crippen LogP contribution in [0.5, 0.6) is 0 Å². The van der Waals surface area contributed by atoms with Crippen molar-refractivity contribution >= 4 is 15.7 Å². The number of hydrogen-bond acceptors (Lipinski definition) is 5. The zero-order valence-corrected chi connectivity index (χ0v) is 11.9. The van der Waals surface area contributed by atoms with Gasteiger partial charge in [-0.1, -0.05) is 0 Å². The van der Waals surface area contributed by atoms with Crippen LogP contribution in [0.15, 0.2) is 29.2 Å². The lowest BCUT2D eigenvalue weighted by atomic mass is 10.2. The number of nitrogens with one attached hydrogen (secondary N) is 2. The maximum atomic E-state index is 11.9. The number of methoxy groups -OCH3 is 1. The molecule has 7 heteroatoms. The maximum Gasteiger partial charge on any atom is 0.240 e. The van der Waals surface area contributed by atoms with Crippen LogP contribution in [0.25, 0.3) is 0 Å². The summed E-state index contributed by atoms with van der Waals surface area (Å²) < 4.78 is 31.4. The lowest BCUT2D eigenvalue weighted by Crippen LogP contribution is -2.24. The van der Waals surface area contributed by atoms with Crippen LogP contribution < -0.4 is 16.0 Å². The summed E-state index contributed by atoms with van der Waals surface area (Å²) in [5.74, 6) is 5.22. The Balaban J connectivity index is 2.42. The Labute approximate surface area is 114 Å². The average molecular weight is 287 g/mol. The lowest BCUT2D eigenvalue weighted by Gasteiger charge is -2.07. The monoisotopic (exact) mass is 287 g/mol. The smallest absolute Gasteiger partial charge is 0.240 e. The third-order valence-corrected chi connectivity index (χ3v) is 4.13. The van der Waals surface area contributed by atoms with E-state index in [0.717, 1.165) is 19.3 Å². The number of anilines is 1. The fourth-order valence-electron chi connectivity index (χ4n) is 1.57. The number of unbranched alkanes of at least 4 members (excludes halogenated alkanes) is 2. The van der Waals surface area contributed by atoms with Gasteiger partial charge in [-0.15, -0.1) is 0 Å². The second kappa shape index (κ2) is 8.11. The average Bonchev–Trinajstić information content (AvgIpc) is 2.43. The van der Waals surface area contributed by atoms with Crippen molar-refractivity contribution in [1.82, 2.24) is 4.72 Å². The summed E-state index contributed by atoms with van der Waals surface area (Å²) >= 11 is 0. The van der Waals surface area contributed by atoms with Crippen LogP contribution in [0.1, 0.15) is 19.3 Å². The Morgan fingerprint density at radius 3 is 2.42 bits per heavy atom. The van der Waals surface area contributed by atoms with Gasteiger partial charge >= 0.3 is 0 Å². The number of hydrogen-bond donors (Lipinski definition) is 3. The number of nitrogens with two attached hydrogens (primary N) is 1.